The monoisotopic (exact) mass is 489 g/mol. The predicted molar refractivity (Wildman–Crippen MR) is 134 cm³/mol. The van der Waals surface area contributed by atoms with Crippen molar-refractivity contribution in [2.24, 2.45) is 4.99 Å². The molecule has 2 aromatic rings. The molecule has 7 heteroatoms. The second-order valence-electron chi connectivity index (χ2n) is 9.79. The third-order valence-electron chi connectivity index (χ3n) is 5.97. The van der Waals surface area contributed by atoms with Crippen molar-refractivity contribution >= 4 is 22.3 Å². The van der Waals surface area contributed by atoms with Gasteiger partial charge < -0.3 is 4.74 Å². The largest absolute Gasteiger partial charge is 0.466 e. The van der Waals surface area contributed by atoms with Gasteiger partial charge >= 0.3 is 5.97 Å². The van der Waals surface area contributed by atoms with Gasteiger partial charge in [0, 0.05) is 15.9 Å². The van der Waals surface area contributed by atoms with Crippen molar-refractivity contribution in [2.75, 3.05) is 6.61 Å². The summed E-state index contributed by atoms with van der Waals surface area (Å²) in [4.78, 5) is 16.7. The first-order valence-corrected chi connectivity index (χ1v) is 12.8. The fourth-order valence-electron chi connectivity index (χ4n) is 3.98. The summed E-state index contributed by atoms with van der Waals surface area (Å²) in [5.41, 5.74) is 4.13. The summed E-state index contributed by atoms with van der Waals surface area (Å²) < 4.78 is 49.0. The maximum Gasteiger partial charge on any atom is 0.308 e. The Morgan fingerprint density at radius 3 is 2.35 bits per heavy atom. The van der Waals surface area contributed by atoms with Gasteiger partial charge in [-0.25, -0.2) is 8.78 Å². The Hall–Kier alpha value is -2.41. The number of benzene rings is 2. The molecule has 184 valence electrons. The van der Waals surface area contributed by atoms with Crippen LogP contribution in [-0.2, 0) is 20.3 Å². The quantitative estimate of drug-likeness (QED) is 0.236. The lowest BCUT2D eigenvalue weighted by Crippen LogP contribution is -2.23. The van der Waals surface area contributed by atoms with E-state index in [1.54, 1.807) is 33.8 Å². The van der Waals surface area contributed by atoms with Crippen molar-refractivity contribution in [1.29, 1.82) is 0 Å². The Kier molecular flexibility index (Phi) is 8.06. The Bertz CT molecular complexity index is 1110. The van der Waals surface area contributed by atoms with E-state index in [4.69, 9.17) is 4.74 Å². The summed E-state index contributed by atoms with van der Waals surface area (Å²) in [7, 11) is -1.50. The second-order valence-corrected chi connectivity index (χ2v) is 11.8. The maximum atomic E-state index is 16.1. The minimum Gasteiger partial charge on any atom is -0.466 e. The summed E-state index contributed by atoms with van der Waals surface area (Å²) in [6, 6.07) is 6.10. The molecule has 4 nitrogen and oxygen atoms in total. The number of hydrogen-bond acceptors (Lipinski definition) is 4. The fraction of sp³-hybridized carbons (Fsp3) is 0.481. The molecule has 0 aromatic heterocycles. The summed E-state index contributed by atoms with van der Waals surface area (Å²) >= 11 is 0. The van der Waals surface area contributed by atoms with Gasteiger partial charge in [-0.1, -0.05) is 18.2 Å². The first-order chi connectivity index (χ1) is 16.0. The van der Waals surface area contributed by atoms with E-state index in [1.807, 2.05) is 32.0 Å². The number of esters is 1. The molecular formula is C27H33F2NO3S. The Labute approximate surface area is 203 Å². The lowest BCUT2D eigenvalue weighted by molar-refractivity contribution is -0.143. The number of ether oxygens (including phenoxy) is 1. The van der Waals surface area contributed by atoms with E-state index < -0.39 is 39.2 Å². The van der Waals surface area contributed by atoms with Crippen LogP contribution in [0, 0.1) is 25.5 Å². The molecule has 2 atom stereocenters. The van der Waals surface area contributed by atoms with Crippen LogP contribution in [0.4, 0.5) is 8.78 Å². The molecule has 0 unspecified atom stereocenters. The number of carbonyl (C=O) groups excluding carboxylic acids is 1. The molecule has 34 heavy (non-hydrogen) atoms. The number of nitrogens with zero attached hydrogens (tertiary/aromatic N) is 1. The number of carbonyl (C=O) groups is 1. The van der Waals surface area contributed by atoms with Crippen LogP contribution in [0.5, 0.6) is 0 Å². The summed E-state index contributed by atoms with van der Waals surface area (Å²) in [5.74, 6) is -2.02. The zero-order valence-corrected chi connectivity index (χ0v) is 21.5. The molecule has 0 spiro atoms. The Morgan fingerprint density at radius 2 is 1.82 bits per heavy atom. The van der Waals surface area contributed by atoms with Crippen LogP contribution < -0.4 is 0 Å². The van der Waals surface area contributed by atoms with Gasteiger partial charge in [0.15, 0.2) is 0 Å². The molecule has 0 N–H and O–H groups in total. The van der Waals surface area contributed by atoms with E-state index in [2.05, 4.69) is 4.99 Å². The first kappa shape index (κ1) is 26.2. The van der Waals surface area contributed by atoms with Gasteiger partial charge in [0.2, 0.25) is 0 Å². The SMILES string of the molecule is CCOC(=O)C[C@H](N=C[S@](=O)C(C)(C)C)c1c(F)c(-c2c(C)cccc2C)cc(C2CC2)c1F. The Balaban J connectivity index is 2.23. The predicted octanol–water partition coefficient (Wildman–Crippen LogP) is 6.70. The molecule has 3 rings (SSSR count). The number of halogens is 2. The molecule has 0 bridgehead atoms. The number of rotatable bonds is 8. The third kappa shape index (κ3) is 5.80. The lowest BCUT2D eigenvalue weighted by Gasteiger charge is -2.21. The summed E-state index contributed by atoms with van der Waals surface area (Å²) in [5, 5.41) is 0. The van der Waals surface area contributed by atoms with Gasteiger partial charge in [0.1, 0.15) is 11.6 Å². The van der Waals surface area contributed by atoms with Gasteiger partial charge in [-0.15, -0.1) is 0 Å². The van der Waals surface area contributed by atoms with Crippen LogP contribution in [0.25, 0.3) is 11.1 Å². The van der Waals surface area contributed by atoms with Crippen molar-refractivity contribution in [3.05, 3.63) is 58.2 Å². The van der Waals surface area contributed by atoms with Gasteiger partial charge in [-0.05, 0) is 88.6 Å². The zero-order valence-electron chi connectivity index (χ0n) is 20.7. The lowest BCUT2D eigenvalue weighted by atomic mass is 9.88. The first-order valence-electron chi connectivity index (χ1n) is 11.6. The van der Waals surface area contributed by atoms with Crippen molar-refractivity contribution in [2.45, 2.75) is 77.5 Å². The average Bonchev–Trinajstić information content (AvgIpc) is 3.57. The van der Waals surface area contributed by atoms with E-state index in [1.165, 1.54) is 5.55 Å². The van der Waals surface area contributed by atoms with Crippen molar-refractivity contribution in [3.8, 4) is 11.1 Å². The van der Waals surface area contributed by atoms with Crippen LogP contribution in [0.1, 0.15) is 81.2 Å². The van der Waals surface area contributed by atoms with E-state index >= 15 is 8.78 Å². The van der Waals surface area contributed by atoms with Crippen molar-refractivity contribution in [1.82, 2.24) is 0 Å². The Morgan fingerprint density at radius 1 is 1.21 bits per heavy atom. The molecule has 1 fully saturated rings. The molecule has 0 amide bonds. The maximum absolute atomic E-state index is 16.1. The molecule has 1 aliphatic rings. The summed E-state index contributed by atoms with van der Waals surface area (Å²) in [6.07, 6.45) is 1.31. The van der Waals surface area contributed by atoms with E-state index in [9.17, 15) is 9.00 Å². The molecule has 1 saturated carbocycles. The molecule has 0 saturated heterocycles. The molecule has 0 heterocycles. The number of hydrogen-bond donors (Lipinski definition) is 0. The second kappa shape index (κ2) is 10.5. The fourth-order valence-corrected chi connectivity index (χ4v) is 4.55. The minimum absolute atomic E-state index is 0.0124. The van der Waals surface area contributed by atoms with E-state index in [0.29, 0.717) is 16.7 Å². The number of aryl methyl sites for hydroxylation is 2. The highest BCUT2D eigenvalue weighted by Crippen LogP contribution is 2.46. The topological polar surface area (TPSA) is 55.7 Å². The van der Waals surface area contributed by atoms with Gasteiger partial charge in [-0.2, -0.15) is 0 Å². The highest BCUT2D eigenvalue weighted by atomic mass is 32.2. The van der Waals surface area contributed by atoms with Crippen molar-refractivity contribution in [3.63, 3.8) is 0 Å². The van der Waals surface area contributed by atoms with Crippen LogP contribution in [-0.4, -0.2) is 27.1 Å². The third-order valence-corrected chi connectivity index (χ3v) is 7.49. The molecule has 2 aromatic carbocycles. The van der Waals surface area contributed by atoms with Crippen molar-refractivity contribution < 1.29 is 22.5 Å². The van der Waals surface area contributed by atoms with Crippen LogP contribution in [0.15, 0.2) is 29.3 Å². The molecular weight excluding hydrogens is 456 g/mol. The highest BCUT2D eigenvalue weighted by Gasteiger charge is 2.34. The van der Waals surface area contributed by atoms with Gasteiger partial charge in [0.05, 0.1) is 35.4 Å². The summed E-state index contributed by atoms with van der Waals surface area (Å²) in [6.45, 7) is 10.9. The van der Waals surface area contributed by atoms with Gasteiger partial charge in [-0.3, -0.25) is 14.0 Å². The normalized spacial score (nSPS) is 16.0. The zero-order chi connectivity index (χ0) is 25.2. The van der Waals surface area contributed by atoms with Crippen LogP contribution in [0.2, 0.25) is 0 Å². The molecule has 0 aliphatic heterocycles. The van der Waals surface area contributed by atoms with Crippen LogP contribution in [0.3, 0.4) is 0 Å². The number of aliphatic imine (C=N–C) groups is 1. The average molecular weight is 490 g/mol. The van der Waals surface area contributed by atoms with E-state index in [-0.39, 0.29) is 24.5 Å². The smallest absolute Gasteiger partial charge is 0.308 e. The minimum atomic E-state index is -1.50. The highest BCUT2D eigenvalue weighted by molar-refractivity contribution is 7.99. The molecule has 0 radical (unpaired) electrons. The molecule has 1 aliphatic carbocycles. The standard InChI is InChI=1S/C27H33F2NO3S/c1-7-33-22(31)14-21(30-15-34(32)27(4,5)6)24-25(28)19(18-11-12-18)13-20(26(24)29)23-16(2)9-8-10-17(23)3/h8-10,13,15,18,21H,7,11-12,14H2,1-6H3/t21-,34-/m0/s1. The van der Waals surface area contributed by atoms with E-state index in [0.717, 1.165) is 24.0 Å². The van der Waals surface area contributed by atoms with Crippen LogP contribution >= 0.6 is 0 Å². The van der Waals surface area contributed by atoms with Gasteiger partial charge in [0.25, 0.3) is 0 Å².